The number of Topliss-reactive ketones (excluding diaryl/α,β-unsaturated/α-hetero) is 1. The maximum atomic E-state index is 12.3. The summed E-state index contributed by atoms with van der Waals surface area (Å²) < 4.78 is 24.5. The van der Waals surface area contributed by atoms with Crippen molar-refractivity contribution in [2.45, 2.75) is 44.4 Å². The number of carbonyl (C=O) groups excluding carboxylic acids is 1. The van der Waals surface area contributed by atoms with Gasteiger partial charge in [0, 0.05) is 11.3 Å². The van der Waals surface area contributed by atoms with Crippen LogP contribution < -0.4 is 0 Å². The fraction of sp³-hybridized carbons (Fsp3) is 0.562. The molecule has 3 nitrogen and oxygen atoms in total. The summed E-state index contributed by atoms with van der Waals surface area (Å²) in [4.78, 5) is 12.7. The minimum atomic E-state index is -3.27. The quantitative estimate of drug-likeness (QED) is 0.856. The molecule has 0 saturated heterocycles. The molecule has 1 aromatic rings. The van der Waals surface area contributed by atoms with E-state index < -0.39 is 9.84 Å². The minimum Gasteiger partial charge on any atom is -0.299 e. The minimum absolute atomic E-state index is 0.0590. The van der Waals surface area contributed by atoms with E-state index in [1.54, 1.807) is 30.3 Å². The van der Waals surface area contributed by atoms with E-state index in [1.165, 1.54) is 0 Å². The Morgan fingerprint density at radius 2 is 1.85 bits per heavy atom. The molecule has 0 spiro atoms. The van der Waals surface area contributed by atoms with Crippen LogP contribution in [0.3, 0.4) is 0 Å². The summed E-state index contributed by atoms with van der Waals surface area (Å²) >= 11 is 0. The zero-order valence-electron chi connectivity index (χ0n) is 12.1. The van der Waals surface area contributed by atoms with Gasteiger partial charge in [-0.05, 0) is 31.4 Å². The van der Waals surface area contributed by atoms with Crippen LogP contribution in [0.1, 0.15) is 39.5 Å². The maximum Gasteiger partial charge on any atom is 0.178 e. The smallest absolute Gasteiger partial charge is 0.178 e. The van der Waals surface area contributed by atoms with E-state index >= 15 is 0 Å². The number of sulfone groups is 1. The van der Waals surface area contributed by atoms with Crippen LogP contribution in [0.25, 0.3) is 0 Å². The highest BCUT2D eigenvalue weighted by Crippen LogP contribution is 2.37. The third-order valence-corrected chi connectivity index (χ3v) is 5.99. The van der Waals surface area contributed by atoms with Crippen molar-refractivity contribution in [1.29, 1.82) is 0 Å². The molecule has 0 bridgehead atoms. The third kappa shape index (κ3) is 3.29. The van der Waals surface area contributed by atoms with Gasteiger partial charge in [0.05, 0.1) is 10.6 Å². The summed E-state index contributed by atoms with van der Waals surface area (Å²) in [6, 6.07) is 8.47. The normalized spacial score (nSPS) is 22.7. The van der Waals surface area contributed by atoms with E-state index in [2.05, 4.69) is 0 Å². The molecule has 0 aliphatic heterocycles. The summed E-state index contributed by atoms with van der Waals surface area (Å²) in [7, 11) is -3.27. The highest BCUT2D eigenvalue weighted by molar-refractivity contribution is 7.91. The molecule has 2 rings (SSSR count). The first-order chi connectivity index (χ1) is 9.33. The molecule has 1 aliphatic rings. The molecular weight excluding hydrogens is 272 g/mol. The molecule has 4 heteroatoms. The van der Waals surface area contributed by atoms with Crippen LogP contribution in [0, 0.1) is 11.3 Å². The van der Waals surface area contributed by atoms with Gasteiger partial charge in [0.15, 0.2) is 9.84 Å². The van der Waals surface area contributed by atoms with Crippen molar-refractivity contribution >= 4 is 15.6 Å². The second-order valence-corrected chi connectivity index (χ2v) is 8.37. The highest BCUT2D eigenvalue weighted by Gasteiger charge is 2.37. The number of rotatable bonds is 4. The molecular formula is C16H22O3S. The van der Waals surface area contributed by atoms with Crippen molar-refractivity contribution < 1.29 is 13.2 Å². The van der Waals surface area contributed by atoms with Gasteiger partial charge in [-0.2, -0.15) is 0 Å². The zero-order valence-corrected chi connectivity index (χ0v) is 12.9. The molecule has 1 atom stereocenters. The Bertz CT molecular complexity index is 573. The van der Waals surface area contributed by atoms with Gasteiger partial charge < -0.3 is 0 Å². The molecule has 0 amide bonds. The zero-order chi connectivity index (χ0) is 14.8. The lowest BCUT2D eigenvalue weighted by molar-refractivity contribution is -0.134. The Balaban J connectivity index is 2.04. The monoisotopic (exact) mass is 294 g/mol. The summed E-state index contributed by atoms with van der Waals surface area (Å²) in [5, 5.41) is 0. The van der Waals surface area contributed by atoms with Gasteiger partial charge in [0.25, 0.3) is 0 Å². The van der Waals surface area contributed by atoms with E-state index in [0.717, 1.165) is 19.3 Å². The number of hydrogen-bond acceptors (Lipinski definition) is 3. The Morgan fingerprint density at radius 1 is 1.20 bits per heavy atom. The lowest BCUT2D eigenvalue weighted by atomic mass is 9.70. The van der Waals surface area contributed by atoms with Crippen LogP contribution in [0.2, 0.25) is 0 Å². The first-order valence-electron chi connectivity index (χ1n) is 7.15. The first kappa shape index (κ1) is 15.2. The topological polar surface area (TPSA) is 51.2 Å². The van der Waals surface area contributed by atoms with Crippen LogP contribution in [-0.2, 0) is 14.6 Å². The largest absolute Gasteiger partial charge is 0.299 e. The first-order valence-corrected chi connectivity index (χ1v) is 8.80. The second-order valence-electron chi connectivity index (χ2n) is 6.26. The van der Waals surface area contributed by atoms with Crippen molar-refractivity contribution in [2.24, 2.45) is 11.3 Å². The van der Waals surface area contributed by atoms with Crippen molar-refractivity contribution in [3.63, 3.8) is 0 Å². The van der Waals surface area contributed by atoms with Crippen molar-refractivity contribution in [3.8, 4) is 0 Å². The SMILES string of the molecule is CC1(C)CCCC(CCS(=O)(=O)c2ccccc2)C1=O. The van der Waals surface area contributed by atoms with Gasteiger partial charge in [-0.15, -0.1) is 0 Å². The van der Waals surface area contributed by atoms with Gasteiger partial charge >= 0.3 is 0 Å². The van der Waals surface area contributed by atoms with E-state index in [-0.39, 0.29) is 22.9 Å². The molecule has 110 valence electrons. The number of ketones is 1. The van der Waals surface area contributed by atoms with Gasteiger partial charge in [-0.1, -0.05) is 38.5 Å². The fourth-order valence-corrected chi connectivity index (χ4v) is 4.32. The molecule has 0 heterocycles. The van der Waals surface area contributed by atoms with Crippen molar-refractivity contribution in [2.75, 3.05) is 5.75 Å². The summed E-state index contributed by atoms with van der Waals surface area (Å²) in [5.74, 6) is 0.188. The van der Waals surface area contributed by atoms with Crippen LogP contribution in [0.5, 0.6) is 0 Å². The highest BCUT2D eigenvalue weighted by atomic mass is 32.2. The van der Waals surface area contributed by atoms with E-state index in [0.29, 0.717) is 11.3 Å². The number of carbonyl (C=O) groups is 1. The van der Waals surface area contributed by atoms with Crippen molar-refractivity contribution in [1.82, 2.24) is 0 Å². The Labute approximate surface area is 121 Å². The summed E-state index contributed by atoms with van der Waals surface area (Å²) in [6.45, 7) is 3.93. The molecule has 0 N–H and O–H groups in total. The molecule has 20 heavy (non-hydrogen) atoms. The molecule has 1 aromatic carbocycles. The maximum absolute atomic E-state index is 12.3. The predicted molar refractivity (Wildman–Crippen MR) is 79.2 cm³/mol. The third-order valence-electron chi connectivity index (χ3n) is 4.23. The van der Waals surface area contributed by atoms with Gasteiger partial charge in [-0.25, -0.2) is 8.42 Å². The Hall–Kier alpha value is -1.16. The van der Waals surface area contributed by atoms with Gasteiger partial charge in [-0.3, -0.25) is 4.79 Å². The van der Waals surface area contributed by atoms with E-state index in [9.17, 15) is 13.2 Å². The van der Waals surface area contributed by atoms with Crippen molar-refractivity contribution in [3.05, 3.63) is 30.3 Å². The average Bonchev–Trinajstić information content (AvgIpc) is 2.41. The Kier molecular flexibility index (Phi) is 4.33. The molecule has 1 unspecified atom stereocenters. The van der Waals surface area contributed by atoms with Gasteiger partial charge in [0.1, 0.15) is 5.78 Å². The number of benzene rings is 1. The molecule has 1 fully saturated rings. The number of hydrogen-bond donors (Lipinski definition) is 0. The summed E-state index contributed by atoms with van der Waals surface area (Å²) in [6.07, 6.45) is 3.19. The second kappa shape index (κ2) is 5.68. The fourth-order valence-electron chi connectivity index (χ4n) is 2.92. The Morgan fingerprint density at radius 3 is 2.50 bits per heavy atom. The standard InChI is InChI=1S/C16H22O3S/c1-16(2)11-6-7-13(15(16)17)10-12-20(18,19)14-8-4-3-5-9-14/h3-5,8-9,13H,6-7,10-12H2,1-2H3. The molecule has 0 radical (unpaired) electrons. The van der Waals surface area contributed by atoms with Crippen LogP contribution in [0.15, 0.2) is 35.2 Å². The van der Waals surface area contributed by atoms with Crippen LogP contribution in [-0.4, -0.2) is 20.0 Å². The van der Waals surface area contributed by atoms with E-state index in [1.807, 2.05) is 13.8 Å². The van der Waals surface area contributed by atoms with Crippen LogP contribution in [0.4, 0.5) is 0 Å². The lowest BCUT2D eigenvalue weighted by Gasteiger charge is -2.33. The average molecular weight is 294 g/mol. The molecule has 1 saturated carbocycles. The predicted octanol–water partition coefficient (Wildman–Crippen LogP) is 3.25. The molecule has 0 aromatic heterocycles. The van der Waals surface area contributed by atoms with Gasteiger partial charge in [0.2, 0.25) is 0 Å². The van der Waals surface area contributed by atoms with Crippen LogP contribution >= 0.6 is 0 Å². The molecule has 1 aliphatic carbocycles. The summed E-state index contributed by atoms with van der Waals surface area (Å²) in [5.41, 5.74) is -0.292. The van der Waals surface area contributed by atoms with E-state index in [4.69, 9.17) is 0 Å². The lowest BCUT2D eigenvalue weighted by Crippen LogP contribution is -2.36.